The van der Waals surface area contributed by atoms with Crippen molar-refractivity contribution < 1.29 is 8.42 Å². The van der Waals surface area contributed by atoms with Crippen LogP contribution < -0.4 is 5.32 Å². The van der Waals surface area contributed by atoms with Crippen LogP contribution in [0.25, 0.3) is 0 Å². The van der Waals surface area contributed by atoms with Crippen LogP contribution in [0.5, 0.6) is 0 Å². The van der Waals surface area contributed by atoms with Crippen LogP contribution >= 0.6 is 0 Å². The maximum Gasteiger partial charge on any atom is 0.211 e. The van der Waals surface area contributed by atoms with E-state index in [1.165, 1.54) is 10.6 Å². The van der Waals surface area contributed by atoms with Crippen molar-refractivity contribution in [3.63, 3.8) is 0 Å². The van der Waals surface area contributed by atoms with Crippen molar-refractivity contribution in [2.24, 2.45) is 0 Å². The van der Waals surface area contributed by atoms with E-state index in [0.717, 1.165) is 6.42 Å². The van der Waals surface area contributed by atoms with Crippen molar-refractivity contribution >= 4 is 15.8 Å². The molecule has 0 radical (unpaired) electrons. The van der Waals surface area contributed by atoms with Crippen molar-refractivity contribution in [2.45, 2.75) is 13.3 Å². The summed E-state index contributed by atoms with van der Waals surface area (Å²) in [4.78, 5) is 0. The van der Waals surface area contributed by atoms with Gasteiger partial charge < -0.3 is 5.32 Å². The van der Waals surface area contributed by atoms with Crippen molar-refractivity contribution in [3.05, 3.63) is 18.3 Å². The van der Waals surface area contributed by atoms with Gasteiger partial charge in [-0.1, -0.05) is 6.92 Å². The summed E-state index contributed by atoms with van der Waals surface area (Å²) in [7, 11) is -3.08. The minimum Gasteiger partial charge on any atom is -0.369 e. The highest BCUT2D eigenvalue weighted by Gasteiger charge is 2.12. The molecule has 0 fully saturated rings. The van der Waals surface area contributed by atoms with E-state index in [1.54, 1.807) is 12.3 Å². The highest BCUT2D eigenvalue weighted by Crippen LogP contribution is 2.01. The first-order valence-corrected chi connectivity index (χ1v) is 7.35. The zero-order valence-electron chi connectivity index (χ0n) is 10.1. The van der Waals surface area contributed by atoms with Gasteiger partial charge in [0.1, 0.15) is 5.82 Å². The zero-order valence-corrected chi connectivity index (χ0v) is 10.9. The maximum atomic E-state index is 11.3. The number of nitrogens with zero attached hydrogens (tertiary/aromatic N) is 3. The van der Waals surface area contributed by atoms with Gasteiger partial charge in [-0.05, 0) is 18.6 Å². The van der Waals surface area contributed by atoms with E-state index in [1.807, 2.05) is 13.0 Å². The number of sulfonamides is 1. The average Bonchev–Trinajstić information content (AvgIpc) is 2.28. The Bertz CT molecular complexity index is 421. The summed E-state index contributed by atoms with van der Waals surface area (Å²) in [5, 5.41) is 10.7. The fourth-order valence-electron chi connectivity index (χ4n) is 1.43. The first-order chi connectivity index (χ1) is 8.04. The largest absolute Gasteiger partial charge is 0.369 e. The lowest BCUT2D eigenvalue weighted by Crippen LogP contribution is -2.31. The molecule has 0 spiro atoms. The first-order valence-electron chi connectivity index (χ1n) is 5.50. The van der Waals surface area contributed by atoms with Crippen LogP contribution in [-0.4, -0.2) is 48.8 Å². The van der Waals surface area contributed by atoms with Gasteiger partial charge in [0.25, 0.3) is 0 Å². The van der Waals surface area contributed by atoms with Crippen molar-refractivity contribution in [2.75, 3.05) is 31.2 Å². The lowest BCUT2D eigenvalue weighted by Gasteiger charge is -2.17. The van der Waals surface area contributed by atoms with Crippen LogP contribution in [0.15, 0.2) is 18.3 Å². The molecule has 0 aromatic carbocycles. The molecule has 1 heterocycles. The minimum absolute atomic E-state index is 0.504. The van der Waals surface area contributed by atoms with E-state index in [4.69, 9.17) is 0 Å². The van der Waals surface area contributed by atoms with E-state index in [0.29, 0.717) is 25.5 Å². The van der Waals surface area contributed by atoms with Gasteiger partial charge in [0.2, 0.25) is 10.0 Å². The van der Waals surface area contributed by atoms with Gasteiger partial charge in [-0.2, -0.15) is 5.10 Å². The van der Waals surface area contributed by atoms with Gasteiger partial charge in [-0.15, -0.1) is 5.10 Å². The van der Waals surface area contributed by atoms with Crippen LogP contribution in [0.1, 0.15) is 13.3 Å². The van der Waals surface area contributed by atoms with Crippen molar-refractivity contribution in [1.82, 2.24) is 14.5 Å². The summed E-state index contributed by atoms with van der Waals surface area (Å²) in [5.74, 6) is 0.704. The molecule has 0 aliphatic rings. The molecule has 17 heavy (non-hydrogen) atoms. The van der Waals surface area contributed by atoms with E-state index in [9.17, 15) is 8.42 Å². The molecule has 0 saturated heterocycles. The van der Waals surface area contributed by atoms with E-state index in [-0.39, 0.29) is 0 Å². The highest BCUT2D eigenvalue weighted by atomic mass is 32.2. The maximum absolute atomic E-state index is 11.3. The molecule has 0 aliphatic heterocycles. The number of hydrogen-bond acceptors (Lipinski definition) is 5. The van der Waals surface area contributed by atoms with Gasteiger partial charge in [0.05, 0.1) is 6.26 Å². The van der Waals surface area contributed by atoms with Crippen LogP contribution in [0, 0.1) is 0 Å². The summed E-state index contributed by atoms with van der Waals surface area (Å²) in [6.45, 7) is 3.52. The molecule has 0 aliphatic carbocycles. The van der Waals surface area contributed by atoms with Gasteiger partial charge >= 0.3 is 0 Å². The third-order valence-corrected chi connectivity index (χ3v) is 3.66. The van der Waals surface area contributed by atoms with Crippen LogP contribution in [0.4, 0.5) is 5.82 Å². The summed E-state index contributed by atoms with van der Waals surface area (Å²) in [5.41, 5.74) is 0. The molecule has 0 amide bonds. The molecule has 1 aromatic rings. The van der Waals surface area contributed by atoms with Gasteiger partial charge in [0.15, 0.2) is 0 Å². The molecule has 6 nitrogen and oxygen atoms in total. The Kier molecular flexibility index (Phi) is 5.30. The third kappa shape index (κ3) is 5.10. The molecule has 96 valence electrons. The Morgan fingerprint density at radius 2 is 2.24 bits per heavy atom. The first kappa shape index (κ1) is 13.9. The van der Waals surface area contributed by atoms with Crippen LogP contribution in [0.2, 0.25) is 0 Å². The highest BCUT2D eigenvalue weighted by molar-refractivity contribution is 7.88. The second-order valence-electron chi connectivity index (χ2n) is 3.64. The number of anilines is 1. The Hall–Kier alpha value is -1.21. The number of aromatic nitrogens is 2. The summed E-state index contributed by atoms with van der Waals surface area (Å²) >= 11 is 0. The summed E-state index contributed by atoms with van der Waals surface area (Å²) in [6.07, 6.45) is 3.57. The Balaban J connectivity index is 2.29. The monoisotopic (exact) mass is 258 g/mol. The molecule has 7 heteroatoms. The lowest BCUT2D eigenvalue weighted by atomic mass is 10.4. The molecule has 0 bridgehead atoms. The third-order valence-electron chi connectivity index (χ3n) is 2.28. The Labute approximate surface area is 102 Å². The van der Waals surface area contributed by atoms with Gasteiger partial charge in [-0.25, -0.2) is 12.7 Å². The molecule has 1 aromatic heterocycles. The molecule has 0 saturated carbocycles. The van der Waals surface area contributed by atoms with E-state index >= 15 is 0 Å². The van der Waals surface area contributed by atoms with Gasteiger partial charge in [0, 0.05) is 25.8 Å². The predicted octanol–water partition coefficient (Wildman–Crippen LogP) is 0.560. The molecule has 0 atom stereocenters. The number of hydrogen-bond donors (Lipinski definition) is 1. The molecular formula is C10H18N4O2S. The molecule has 1 rings (SSSR count). The smallest absolute Gasteiger partial charge is 0.211 e. The van der Waals surface area contributed by atoms with Crippen LogP contribution in [-0.2, 0) is 10.0 Å². The quantitative estimate of drug-likeness (QED) is 0.723. The fourth-order valence-corrected chi connectivity index (χ4v) is 2.36. The normalized spacial score (nSPS) is 11.7. The Morgan fingerprint density at radius 1 is 1.47 bits per heavy atom. The second kappa shape index (κ2) is 6.51. The topological polar surface area (TPSA) is 75.2 Å². The Morgan fingerprint density at radius 3 is 2.76 bits per heavy atom. The molecular weight excluding hydrogens is 240 g/mol. The SMILES string of the molecule is CCN(CCCNc1cccnn1)S(C)(=O)=O. The lowest BCUT2D eigenvalue weighted by molar-refractivity contribution is 0.428. The van der Waals surface area contributed by atoms with Crippen molar-refractivity contribution in [3.8, 4) is 0 Å². The zero-order chi connectivity index (χ0) is 12.7. The minimum atomic E-state index is -3.08. The number of rotatable bonds is 7. The van der Waals surface area contributed by atoms with Gasteiger partial charge in [-0.3, -0.25) is 0 Å². The second-order valence-corrected chi connectivity index (χ2v) is 5.63. The molecule has 1 N–H and O–H groups in total. The predicted molar refractivity (Wildman–Crippen MR) is 67.2 cm³/mol. The average molecular weight is 258 g/mol. The summed E-state index contributed by atoms with van der Waals surface area (Å²) in [6, 6.07) is 3.62. The standard InChI is InChI=1S/C10H18N4O2S/c1-3-14(17(2,15)16)9-5-7-11-10-6-4-8-12-13-10/h4,6,8H,3,5,7,9H2,1-2H3,(H,11,13). The summed E-state index contributed by atoms with van der Waals surface area (Å²) < 4.78 is 24.1. The number of nitrogens with one attached hydrogen (secondary N) is 1. The van der Waals surface area contributed by atoms with E-state index < -0.39 is 10.0 Å². The fraction of sp³-hybridized carbons (Fsp3) is 0.600. The van der Waals surface area contributed by atoms with Crippen LogP contribution in [0.3, 0.4) is 0 Å². The van der Waals surface area contributed by atoms with Crippen molar-refractivity contribution in [1.29, 1.82) is 0 Å². The van der Waals surface area contributed by atoms with E-state index in [2.05, 4.69) is 15.5 Å². The molecule has 0 unspecified atom stereocenters.